The number of aliphatic imine (C=N–C) groups is 1. The predicted molar refractivity (Wildman–Crippen MR) is 112 cm³/mol. The molecule has 0 N–H and O–H groups in total. The first kappa shape index (κ1) is 21.1. The first-order valence-electron chi connectivity index (χ1n) is 8.51. The van der Waals surface area contributed by atoms with Gasteiger partial charge in [0.1, 0.15) is 5.82 Å². The lowest BCUT2D eigenvalue weighted by Crippen LogP contribution is -2.09. The summed E-state index contributed by atoms with van der Waals surface area (Å²) >= 11 is 3.26. The Labute approximate surface area is 179 Å². The molecule has 0 aliphatic rings. The largest absolute Gasteiger partial charge is 0.493 e. The second kappa shape index (κ2) is 9.27. The number of nitro groups is 1. The summed E-state index contributed by atoms with van der Waals surface area (Å²) in [4.78, 5) is 26.8. The summed E-state index contributed by atoms with van der Waals surface area (Å²) in [5, 5.41) is 10.8. The molecular formula is C21H14BrFN2O5. The number of rotatable bonds is 6. The zero-order valence-corrected chi connectivity index (χ0v) is 17.1. The Kier molecular flexibility index (Phi) is 6.53. The Bertz CT molecular complexity index is 1130. The Morgan fingerprint density at radius 1 is 1.10 bits per heavy atom. The molecular weight excluding hydrogens is 459 g/mol. The molecule has 0 bridgehead atoms. The summed E-state index contributed by atoms with van der Waals surface area (Å²) in [7, 11) is 1.43. The number of ether oxygens (including phenoxy) is 2. The zero-order chi connectivity index (χ0) is 21.7. The molecule has 0 spiro atoms. The van der Waals surface area contributed by atoms with E-state index >= 15 is 0 Å². The molecule has 0 atom stereocenters. The molecule has 0 unspecified atom stereocenters. The number of esters is 1. The first-order valence-corrected chi connectivity index (χ1v) is 9.30. The number of hydrogen-bond acceptors (Lipinski definition) is 6. The fraction of sp³-hybridized carbons (Fsp3) is 0.0476. The van der Waals surface area contributed by atoms with Gasteiger partial charge in [-0.1, -0.05) is 0 Å². The number of benzene rings is 3. The number of hydrogen-bond donors (Lipinski definition) is 0. The van der Waals surface area contributed by atoms with Crippen molar-refractivity contribution in [1.82, 2.24) is 0 Å². The summed E-state index contributed by atoms with van der Waals surface area (Å²) in [6.07, 6.45) is 1.54. The third kappa shape index (κ3) is 5.06. The van der Waals surface area contributed by atoms with Gasteiger partial charge in [0.25, 0.3) is 5.69 Å². The lowest BCUT2D eigenvalue weighted by atomic mass is 10.2. The van der Waals surface area contributed by atoms with Crippen LogP contribution in [0.1, 0.15) is 15.9 Å². The van der Waals surface area contributed by atoms with Gasteiger partial charge in [-0.2, -0.15) is 0 Å². The van der Waals surface area contributed by atoms with Crippen molar-refractivity contribution in [2.24, 2.45) is 4.99 Å². The summed E-state index contributed by atoms with van der Waals surface area (Å²) < 4.78 is 24.1. The van der Waals surface area contributed by atoms with Gasteiger partial charge in [0.15, 0.2) is 11.5 Å². The molecule has 0 fully saturated rings. The molecule has 0 saturated heterocycles. The van der Waals surface area contributed by atoms with Gasteiger partial charge in [-0.25, -0.2) is 9.18 Å². The maximum Gasteiger partial charge on any atom is 0.343 e. The van der Waals surface area contributed by atoms with Crippen molar-refractivity contribution < 1.29 is 23.6 Å². The van der Waals surface area contributed by atoms with Crippen LogP contribution in [0.25, 0.3) is 0 Å². The maximum absolute atomic E-state index is 13.0. The van der Waals surface area contributed by atoms with Crippen molar-refractivity contribution in [2.75, 3.05) is 7.11 Å². The van der Waals surface area contributed by atoms with Crippen LogP contribution in [-0.2, 0) is 0 Å². The highest BCUT2D eigenvalue weighted by molar-refractivity contribution is 9.10. The van der Waals surface area contributed by atoms with Gasteiger partial charge in [0.05, 0.1) is 23.3 Å². The highest BCUT2D eigenvalue weighted by Crippen LogP contribution is 2.31. The Morgan fingerprint density at radius 2 is 1.83 bits per heavy atom. The van der Waals surface area contributed by atoms with Crippen LogP contribution in [0.2, 0.25) is 0 Å². The minimum atomic E-state index is -0.649. The van der Waals surface area contributed by atoms with E-state index in [4.69, 9.17) is 9.47 Å². The van der Waals surface area contributed by atoms with Crippen LogP contribution in [0.4, 0.5) is 15.8 Å². The Hall–Kier alpha value is -3.59. The highest BCUT2D eigenvalue weighted by atomic mass is 79.9. The van der Waals surface area contributed by atoms with Crippen LogP contribution in [0, 0.1) is 15.9 Å². The van der Waals surface area contributed by atoms with E-state index in [1.54, 1.807) is 24.4 Å². The molecule has 0 amide bonds. The van der Waals surface area contributed by atoms with E-state index in [0.717, 1.165) is 0 Å². The van der Waals surface area contributed by atoms with Gasteiger partial charge in [0, 0.05) is 22.8 Å². The van der Waals surface area contributed by atoms with Crippen LogP contribution in [-0.4, -0.2) is 24.2 Å². The predicted octanol–water partition coefficient (Wildman–Crippen LogP) is 5.47. The van der Waals surface area contributed by atoms with E-state index in [0.29, 0.717) is 21.5 Å². The van der Waals surface area contributed by atoms with E-state index in [1.165, 1.54) is 49.6 Å². The Morgan fingerprint density at radius 3 is 2.47 bits per heavy atom. The minimum absolute atomic E-state index is 0.0465. The Balaban J connectivity index is 1.78. The van der Waals surface area contributed by atoms with Crippen LogP contribution in [0.3, 0.4) is 0 Å². The van der Waals surface area contributed by atoms with Crippen LogP contribution in [0.5, 0.6) is 11.5 Å². The fourth-order valence-electron chi connectivity index (χ4n) is 2.45. The molecule has 0 aliphatic carbocycles. The molecule has 9 heteroatoms. The summed E-state index contributed by atoms with van der Waals surface area (Å²) in [6.45, 7) is 0. The highest BCUT2D eigenvalue weighted by Gasteiger charge is 2.13. The van der Waals surface area contributed by atoms with Crippen molar-refractivity contribution in [3.05, 3.63) is 92.2 Å². The minimum Gasteiger partial charge on any atom is -0.493 e. The second-order valence-electron chi connectivity index (χ2n) is 5.96. The SMILES string of the molecule is COc1cc(C=Nc2ccc([N+](=O)[O-])cc2Br)ccc1OC(=O)c1ccc(F)cc1. The molecule has 0 saturated carbocycles. The van der Waals surface area contributed by atoms with Crippen molar-refractivity contribution in [1.29, 1.82) is 0 Å². The van der Waals surface area contributed by atoms with E-state index in [2.05, 4.69) is 20.9 Å². The average Bonchev–Trinajstić information content (AvgIpc) is 2.73. The molecule has 0 heterocycles. The number of carbonyl (C=O) groups is 1. The molecule has 3 rings (SSSR count). The van der Waals surface area contributed by atoms with Gasteiger partial charge in [-0.15, -0.1) is 0 Å². The van der Waals surface area contributed by atoms with Crippen molar-refractivity contribution >= 4 is 39.5 Å². The lowest BCUT2D eigenvalue weighted by Gasteiger charge is -2.10. The van der Waals surface area contributed by atoms with Crippen molar-refractivity contribution in [2.45, 2.75) is 0 Å². The molecule has 7 nitrogen and oxygen atoms in total. The van der Waals surface area contributed by atoms with Gasteiger partial charge in [-0.05, 0) is 70.0 Å². The molecule has 3 aromatic carbocycles. The molecule has 0 radical (unpaired) electrons. The number of non-ortho nitro benzene ring substituents is 1. The molecule has 0 aromatic heterocycles. The van der Waals surface area contributed by atoms with Gasteiger partial charge >= 0.3 is 5.97 Å². The maximum atomic E-state index is 13.0. The van der Waals surface area contributed by atoms with Crippen LogP contribution in [0.15, 0.2) is 70.1 Å². The quantitative estimate of drug-likeness (QED) is 0.156. The van der Waals surface area contributed by atoms with Crippen molar-refractivity contribution in [3.8, 4) is 11.5 Å². The first-order chi connectivity index (χ1) is 14.4. The number of nitro benzene ring substituents is 1. The number of carbonyl (C=O) groups excluding carboxylic acids is 1. The average molecular weight is 473 g/mol. The topological polar surface area (TPSA) is 91.0 Å². The van der Waals surface area contributed by atoms with E-state index in [9.17, 15) is 19.3 Å². The number of methoxy groups -OCH3 is 1. The monoisotopic (exact) mass is 472 g/mol. The molecule has 0 aliphatic heterocycles. The smallest absolute Gasteiger partial charge is 0.343 e. The third-order valence-electron chi connectivity index (χ3n) is 3.97. The second-order valence-corrected chi connectivity index (χ2v) is 6.81. The summed E-state index contributed by atoms with van der Waals surface area (Å²) in [5.41, 5.74) is 1.31. The van der Waals surface area contributed by atoms with Gasteiger partial charge in [-0.3, -0.25) is 15.1 Å². The van der Waals surface area contributed by atoms with E-state index in [-0.39, 0.29) is 17.0 Å². The van der Waals surface area contributed by atoms with Gasteiger partial charge < -0.3 is 9.47 Å². The third-order valence-corrected chi connectivity index (χ3v) is 4.60. The van der Waals surface area contributed by atoms with Crippen LogP contribution >= 0.6 is 15.9 Å². The van der Waals surface area contributed by atoms with Gasteiger partial charge in [0.2, 0.25) is 0 Å². The van der Waals surface area contributed by atoms with Crippen LogP contribution < -0.4 is 9.47 Å². The summed E-state index contributed by atoms with van der Waals surface area (Å²) in [5.74, 6) is -0.602. The fourth-order valence-corrected chi connectivity index (χ4v) is 2.92. The molecule has 152 valence electrons. The zero-order valence-electron chi connectivity index (χ0n) is 15.5. The summed E-state index contributed by atoms with van der Waals surface area (Å²) in [6, 6.07) is 14.1. The molecule has 30 heavy (non-hydrogen) atoms. The number of nitrogens with zero attached hydrogens (tertiary/aromatic N) is 2. The van der Waals surface area contributed by atoms with E-state index in [1.807, 2.05) is 0 Å². The number of halogens is 2. The molecule has 3 aromatic rings. The standard InChI is InChI=1S/C21H14BrFN2O5/c1-29-20-10-13(12-24-18-8-7-16(25(27)28)11-17(18)22)2-9-19(20)30-21(26)14-3-5-15(23)6-4-14/h2-12H,1H3. The van der Waals surface area contributed by atoms with E-state index < -0.39 is 16.7 Å². The van der Waals surface area contributed by atoms with Crippen molar-refractivity contribution in [3.63, 3.8) is 0 Å². The lowest BCUT2D eigenvalue weighted by molar-refractivity contribution is -0.384. The normalized spacial score (nSPS) is 10.8.